The Morgan fingerprint density at radius 2 is 2.05 bits per heavy atom. The molecule has 1 heterocycles. The summed E-state index contributed by atoms with van der Waals surface area (Å²) in [5.41, 5.74) is 0. The number of carbonyl (C=O) groups is 2. The van der Waals surface area contributed by atoms with Crippen LogP contribution in [0.15, 0.2) is 0 Å². The molecule has 0 aromatic heterocycles. The molecule has 1 aliphatic heterocycles. The van der Waals surface area contributed by atoms with Crippen molar-refractivity contribution in [1.82, 2.24) is 9.62 Å². The van der Waals surface area contributed by atoms with E-state index in [2.05, 4.69) is 5.32 Å². The van der Waals surface area contributed by atoms with Gasteiger partial charge in [-0.3, -0.25) is 9.59 Å². The maximum Gasteiger partial charge on any atom is 0.303 e. The molecule has 1 fully saturated rings. The van der Waals surface area contributed by atoms with Crippen LogP contribution in [0.25, 0.3) is 0 Å². The third-order valence-electron chi connectivity index (χ3n) is 3.72. The van der Waals surface area contributed by atoms with Crippen molar-refractivity contribution in [3.63, 3.8) is 0 Å². The van der Waals surface area contributed by atoms with Crippen molar-refractivity contribution in [2.24, 2.45) is 5.92 Å². The summed E-state index contributed by atoms with van der Waals surface area (Å²) in [5.74, 6) is -0.875. The number of hydrogen-bond donors (Lipinski definition) is 2. The number of nitrogens with one attached hydrogen (secondary N) is 1. The fraction of sp³-hybridized carbons (Fsp3) is 0.846. The van der Waals surface area contributed by atoms with E-state index < -0.39 is 22.0 Å². The fourth-order valence-electron chi connectivity index (χ4n) is 2.47. The Hall–Kier alpha value is -1.15. The third-order valence-corrected chi connectivity index (χ3v) is 5.01. The molecule has 1 amide bonds. The zero-order valence-electron chi connectivity index (χ0n) is 12.5. The van der Waals surface area contributed by atoms with Crippen molar-refractivity contribution >= 4 is 21.9 Å². The number of rotatable bonds is 8. The molecular weight excluding hydrogens is 296 g/mol. The highest BCUT2D eigenvalue weighted by atomic mass is 32.2. The van der Waals surface area contributed by atoms with Gasteiger partial charge in [-0.2, -0.15) is 4.31 Å². The standard InChI is InChI=1S/C13H24N2O5S/c1-10(5-6-12(16)17)7-8-14-13(18)11-4-3-9-15(11)21(2,19)20/h10-11H,3-9H2,1-2H3,(H,14,18)(H,16,17). The lowest BCUT2D eigenvalue weighted by atomic mass is 10.0. The van der Waals surface area contributed by atoms with Crippen molar-refractivity contribution < 1.29 is 23.1 Å². The van der Waals surface area contributed by atoms with Crippen molar-refractivity contribution in [3.05, 3.63) is 0 Å². The Labute approximate surface area is 125 Å². The van der Waals surface area contributed by atoms with Gasteiger partial charge in [0.15, 0.2) is 0 Å². The van der Waals surface area contributed by atoms with Gasteiger partial charge < -0.3 is 10.4 Å². The smallest absolute Gasteiger partial charge is 0.303 e. The van der Waals surface area contributed by atoms with Gasteiger partial charge in [-0.15, -0.1) is 0 Å². The topological polar surface area (TPSA) is 104 Å². The Kier molecular flexibility index (Phi) is 6.60. The number of hydrogen-bond acceptors (Lipinski definition) is 4. The molecule has 0 aromatic rings. The highest BCUT2D eigenvalue weighted by Gasteiger charge is 2.36. The largest absolute Gasteiger partial charge is 0.481 e. The molecule has 0 aromatic carbocycles. The number of nitrogens with zero attached hydrogens (tertiary/aromatic N) is 1. The monoisotopic (exact) mass is 320 g/mol. The second-order valence-corrected chi connectivity index (χ2v) is 7.58. The van der Waals surface area contributed by atoms with Gasteiger partial charge in [0, 0.05) is 19.5 Å². The van der Waals surface area contributed by atoms with Crippen molar-refractivity contribution in [3.8, 4) is 0 Å². The van der Waals surface area contributed by atoms with E-state index in [0.717, 1.165) is 6.26 Å². The van der Waals surface area contributed by atoms with Crippen LogP contribution >= 0.6 is 0 Å². The summed E-state index contributed by atoms with van der Waals surface area (Å²) in [6.45, 7) is 2.77. The van der Waals surface area contributed by atoms with Crippen molar-refractivity contribution in [2.75, 3.05) is 19.3 Å². The minimum atomic E-state index is -3.35. The maximum atomic E-state index is 12.0. The molecule has 0 radical (unpaired) electrons. The molecule has 0 saturated carbocycles. The van der Waals surface area contributed by atoms with Crippen LogP contribution in [0, 0.1) is 5.92 Å². The number of carbonyl (C=O) groups excluding carboxylic acids is 1. The Balaban J connectivity index is 2.35. The van der Waals surface area contributed by atoms with Gasteiger partial charge in [0.05, 0.1) is 6.26 Å². The second kappa shape index (κ2) is 7.74. The van der Waals surface area contributed by atoms with Crippen LogP contribution in [-0.2, 0) is 19.6 Å². The first-order valence-electron chi connectivity index (χ1n) is 7.18. The lowest BCUT2D eigenvalue weighted by Crippen LogP contribution is -2.45. The predicted octanol–water partition coefficient (Wildman–Crippen LogP) is 0.418. The van der Waals surface area contributed by atoms with E-state index in [4.69, 9.17) is 5.11 Å². The summed E-state index contributed by atoms with van der Waals surface area (Å²) in [4.78, 5) is 22.5. The van der Waals surface area contributed by atoms with Crippen LogP contribution in [0.1, 0.15) is 39.0 Å². The normalized spacial score (nSPS) is 21.1. The molecule has 1 saturated heterocycles. The molecular formula is C13H24N2O5S. The molecule has 2 unspecified atom stereocenters. The Morgan fingerprint density at radius 1 is 1.38 bits per heavy atom. The molecule has 7 nitrogen and oxygen atoms in total. The number of carboxylic acids is 1. The highest BCUT2D eigenvalue weighted by molar-refractivity contribution is 7.88. The SMILES string of the molecule is CC(CCNC(=O)C1CCCN1S(C)(=O)=O)CCC(=O)O. The van der Waals surface area contributed by atoms with Gasteiger partial charge in [-0.25, -0.2) is 8.42 Å². The second-order valence-electron chi connectivity index (χ2n) is 5.65. The van der Waals surface area contributed by atoms with E-state index in [1.807, 2.05) is 6.92 Å². The highest BCUT2D eigenvalue weighted by Crippen LogP contribution is 2.20. The molecule has 0 spiro atoms. The predicted molar refractivity (Wildman–Crippen MR) is 78.2 cm³/mol. The van der Waals surface area contributed by atoms with Crippen molar-refractivity contribution in [2.45, 2.75) is 45.1 Å². The Bertz CT molecular complexity index is 477. The fourth-order valence-corrected chi connectivity index (χ4v) is 3.60. The molecule has 8 heteroatoms. The number of sulfonamides is 1. The van der Waals surface area contributed by atoms with Crippen LogP contribution in [0.2, 0.25) is 0 Å². The van der Waals surface area contributed by atoms with Gasteiger partial charge in [0.25, 0.3) is 0 Å². The van der Waals surface area contributed by atoms with Crippen LogP contribution < -0.4 is 5.32 Å². The van der Waals surface area contributed by atoms with E-state index in [1.54, 1.807) is 0 Å². The van der Waals surface area contributed by atoms with Gasteiger partial charge in [-0.05, 0) is 31.6 Å². The van der Waals surface area contributed by atoms with Gasteiger partial charge in [0.1, 0.15) is 6.04 Å². The molecule has 1 rings (SSSR count). The first kappa shape index (κ1) is 17.9. The van der Waals surface area contributed by atoms with Crippen LogP contribution in [0.5, 0.6) is 0 Å². The summed E-state index contributed by atoms with van der Waals surface area (Å²) >= 11 is 0. The summed E-state index contributed by atoms with van der Waals surface area (Å²) in [7, 11) is -3.35. The molecule has 0 bridgehead atoms. The van der Waals surface area contributed by atoms with E-state index in [0.29, 0.717) is 38.8 Å². The Morgan fingerprint density at radius 3 is 2.62 bits per heavy atom. The molecule has 1 aliphatic rings. The average Bonchev–Trinajstić information content (AvgIpc) is 2.85. The third kappa shape index (κ3) is 6.01. The average molecular weight is 320 g/mol. The summed E-state index contributed by atoms with van der Waals surface area (Å²) < 4.78 is 24.4. The summed E-state index contributed by atoms with van der Waals surface area (Å²) in [6.07, 6.45) is 3.74. The van der Waals surface area contributed by atoms with Crippen LogP contribution in [0.3, 0.4) is 0 Å². The lowest BCUT2D eigenvalue weighted by Gasteiger charge is -2.21. The number of carboxylic acid groups (broad SMARTS) is 1. The minimum absolute atomic E-state index is 0.125. The first-order chi connectivity index (χ1) is 9.71. The molecule has 2 atom stereocenters. The minimum Gasteiger partial charge on any atom is -0.481 e. The molecule has 2 N–H and O–H groups in total. The van der Waals surface area contributed by atoms with Crippen LogP contribution in [0.4, 0.5) is 0 Å². The summed E-state index contributed by atoms with van der Waals surface area (Å²) in [6, 6.07) is -0.602. The molecule has 122 valence electrons. The lowest BCUT2D eigenvalue weighted by molar-refractivity contribution is -0.137. The zero-order chi connectivity index (χ0) is 16.0. The van der Waals surface area contributed by atoms with E-state index in [1.165, 1.54) is 4.31 Å². The van der Waals surface area contributed by atoms with E-state index >= 15 is 0 Å². The van der Waals surface area contributed by atoms with Gasteiger partial charge in [-0.1, -0.05) is 6.92 Å². The zero-order valence-corrected chi connectivity index (χ0v) is 13.4. The van der Waals surface area contributed by atoms with Crippen LogP contribution in [-0.4, -0.2) is 55.1 Å². The van der Waals surface area contributed by atoms with E-state index in [9.17, 15) is 18.0 Å². The quantitative estimate of drug-likeness (QED) is 0.674. The molecule has 0 aliphatic carbocycles. The number of aliphatic carboxylic acids is 1. The molecule has 21 heavy (non-hydrogen) atoms. The first-order valence-corrected chi connectivity index (χ1v) is 9.03. The van der Waals surface area contributed by atoms with E-state index in [-0.39, 0.29) is 18.2 Å². The van der Waals surface area contributed by atoms with Gasteiger partial charge in [0.2, 0.25) is 15.9 Å². The number of amides is 1. The maximum absolute atomic E-state index is 12.0. The van der Waals surface area contributed by atoms with Gasteiger partial charge >= 0.3 is 5.97 Å². The van der Waals surface area contributed by atoms with Crippen molar-refractivity contribution in [1.29, 1.82) is 0 Å². The summed E-state index contributed by atoms with van der Waals surface area (Å²) in [5, 5.41) is 11.3.